The van der Waals surface area contributed by atoms with E-state index in [0.29, 0.717) is 31.2 Å². The van der Waals surface area contributed by atoms with Crippen LogP contribution in [0.3, 0.4) is 0 Å². The van der Waals surface area contributed by atoms with E-state index in [1.54, 1.807) is 19.2 Å². The van der Waals surface area contributed by atoms with E-state index in [4.69, 9.17) is 9.47 Å². The Morgan fingerprint density at radius 1 is 1.38 bits per heavy atom. The normalized spacial score (nSPS) is 11.3. The van der Waals surface area contributed by atoms with E-state index in [1.165, 1.54) is 6.92 Å². The summed E-state index contributed by atoms with van der Waals surface area (Å²) in [6.45, 7) is 4.88. The van der Waals surface area contributed by atoms with Gasteiger partial charge in [-0.05, 0) is 24.6 Å². The Morgan fingerprint density at radius 3 is 2.71 bits per heavy atom. The van der Waals surface area contributed by atoms with Gasteiger partial charge in [0, 0.05) is 20.0 Å². The number of ether oxygens (including phenoxy) is 2. The van der Waals surface area contributed by atoms with Gasteiger partial charge < -0.3 is 14.8 Å². The molecule has 0 bridgehead atoms. The lowest BCUT2D eigenvalue weighted by Gasteiger charge is -2.15. The zero-order chi connectivity index (χ0) is 15.7. The number of hydrogen-bond donors (Lipinski definition) is 2. The number of nitrogens with one attached hydrogen (secondary N) is 2. The summed E-state index contributed by atoms with van der Waals surface area (Å²) in [7, 11) is 1.56. The smallest absolute Gasteiger partial charge is 0.216 e. The standard InChI is InChI=1S/C15H21N3O3/c1-4-21-14-6-5-12(9-15(14)20-3)13(10-16)18-8-7-17-11(2)19/h5-6,9,13,18H,4,7-8H2,1-3H3,(H,17,19). The summed E-state index contributed by atoms with van der Waals surface area (Å²) in [4.78, 5) is 10.8. The molecule has 0 aliphatic carbocycles. The molecule has 0 saturated heterocycles. The first-order valence-electron chi connectivity index (χ1n) is 6.80. The van der Waals surface area contributed by atoms with Gasteiger partial charge in [0.25, 0.3) is 0 Å². The number of amides is 1. The molecule has 1 unspecified atom stereocenters. The van der Waals surface area contributed by atoms with Crippen LogP contribution in [0.1, 0.15) is 25.5 Å². The molecular weight excluding hydrogens is 270 g/mol. The van der Waals surface area contributed by atoms with Crippen LogP contribution in [-0.4, -0.2) is 32.7 Å². The van der Waals surface area contributed by atoms with Gasteiger partial charge in [-0.2, -0.15) is 5.26 Å². The van der Waals surface area contributed by atoms with Gasteiger partial charge in [-0.15, -0.1) is 0 Å². The Bertz CT molecular complexity index is 511. The maximum Gasteiger partial charge on any atom is 0.216 e. The number of nitrogens with zero attached hydrogens (tertiary/aromatic N) is 1. The van der Waals surface area contributed by atoms with Crippen molar-refractivity contribution in [2.24, 2.45) is 0 Å². The Morgan fingerprint density at radius 2 is 2.14 bits per heavy atom. The second kappa shape index (κ2) is 8.82. The van der Waals surface area contributed by atoms with Crippen LogP contribution in [0.25, 0.3) is 0 Å². The van der Waals surface area contributed by atoms with E-state index in [9.17, 15) is 10.1 Å². The summed E-state index contributed by atoms with van der Waals surface area (Å²) in [5.74, 6) is 1.16. The number of benzene rings is 1. The van der Waals surface area contributed by atoms with Crippen molar-refractivity contribution in [3.63, 3.8) is 0 Å². The number of carbonyl (C=O) groups excluding carboxylic acids is 1. The summed E-state index contributed by atoms with van der Waals surface area (Å²) < 4.78 is 10.7. The van der Waals surface area contributed by atoms with Crippen LogP contribution >= 0.6 is 0 Å². The Balaban J connectivity index is 2.72. The van der Waals surface area contributed by atoms with Crippen LogP contribution in [0, 0.1) is 11.3 Å². The third kappa shape index (κ3) is 5.32. The number of carbonyl (C=O) groups is 1. The SMILES string of the molecule is CCOc1ccc(C(C#N)NCCNC(C)=O)cc1OC. The molecule has 1 amide bonds. The lowest BCUT2D eigenvalue weighted by molar-refractivity contribution is -0.118. The van der Waals surface area contributed by atoms with Gasteiger partial charge in [0.05, 0.1) is 19.8 Å². The Labute approximate surface area is 125 Å². The van der Waals surface area contributed by atoms with Crippen molar-refractivity contribution in [2.75, 3.05) is 26.8 Å². The van der Waals surface area contributed by atoms with Gasteiger partial charge in [0.15, 0.2) is 11.5 Å². The van der Waals surface area contributed by atoms with Gasteiger partial charge in [0.1, 0.15) is 6.04 Å². The Hall–Kier alpha value is -2.26. The summed E-state index contributed by atoms with van der Waals surface area (Å²) in [5.41, 5.74) is 0.792. The van der Waals surface area contributed by atoms with E-state index in [1.807, 2.05) is 13.0 Å². The number of hydrogen-bond acceptors (Lipinski definition) is 5. The zero-order valence-electron chi connectivity index (χ0n) is 12.6. The van der Waals surface area contributed by atoms with Gasteiger partial charge in [-0.25, -0.2) is 0 Å². The molecule has 0 aromatic heterocycles. The van der Waals surface area contributed by atoms with Crippen LogP contribution in [-0.2, 0) is 4.79 Å². The third-order valence-electron chi connectivity index (χ3n) is 2.80. The summed E-state index contributed by atoms with van der Waals surface area (Å²) in [6.07, 6.45) is 0. The first kappa shape index (κ1) is 16.8. The van der Waals surface area contributed by atoms with Crippen molar-refractivity contribution in [1.29, 1.82) is 5.26 Å². The average Bonchev–Trinajstić information content (AvgIpc) is 2.48. The molecule has 6 heteroatoms. The van der Waals surface area contributed by atoms with E-state index in [-0.39, 0.29) is 5.91 Å². The first-order chi connectivity index (χ1) is 10.1. The van der Waals surface area contributed by atoms with E-state index in [2.05, 4.69) is 16.7 Å². The number of nitriles is 1. The van der Waals surface area contributed by atoms with E-state index >= 15 is 0 Å². The lowest BCUT2D eigenvalue weighted by atomic mass is 10.1. The first-order valence-corrected chi connectivity index (χ1v) is 6.80. The maximum atomic E-state index is 10.8. The Kier molecular flexibility index (Phi) is 7.05. The zero-order valence-corrected chi connectivity index (χ0v) is 12.6. The minimum atomic E-state index is -0.469. The van der Waals surface area contributed by atoms with E-state index < -0.39 is 6.04 Å². The molecule has 0 aliphatic rings. The molecule has 0 spiro atoms. The second-order valence-corrected chi connectivity index (χ2v) is 4.34. The number of rotatable bonds is 8. The molecule has 1 atom stereocenters. The summed E-state index contributed by atoms with van der Waals surface area (Å²) in [6, 6.07) is 7.12. The highest BCUT2D eigenvalue weighted by Crippen LogP contribution is 2.30. The van der Waals surface area contributed by atoms with Gasteiger partial charge in [-0.3, -0.25) is 10.1 Å². The van der Waals surface area contributed by atoms with Crippen molar-refractivity contribution < 1.29 is 14.3 Å². The molecule has 0 radical (unpaired) electrons. The number of methoxy groups -OCH3 is 1. The average molecular weight is 291 g/mol. The van der Waals surface area contributed by atoms with Crippen molar-refractivity contribution in [3.8, 4) is 17.6 Å². The minimum absolute atomic E-state index is 0.0898. The molecule has 1 aromatic carbocycles. The molecule has 114 valence electrons. The molecular formula is C15H21N3O3. The molecule has 2 N–H and O–H groups in total. The molecule has 1 aromatic rings. The predicted octanol–water partition coefficient (Wildman–Crippen LogP) is 1.38. The van der Waals surface area contributed by atoms with Crippen molar-refractivity contribution in [3.05, 3.63) is 23.8 Å². The van der Waals surface area contributed by atoms with Crippen molar-refractivity contribution in [1.82, 2.24) is 10.6 Å². The highest BCUT2D eigenvalue weighted by Gasteiger charge is 2.13. The van der Waals surface area contributed by atoms with E-state index in [0.717, 1.165) is 5.56 Å². The molecule has 6 nitrogen and oxygen atoms in total. The fourth-order valence-electron chi connectivity index (χ4n) is 1.83. The van der Waals surface area contributed by atoms with Crippen LogP contribution in [0.2, 0.25) is 0 Å². The fraction of sp³-hybridized carbons (Fsp3) is 0.467. The fourth-order valence-corrected chi connectivity index (χ4v) is 1.83. The summed E-state index contributed by atoms with van der Waals surface area (Å²) >= 11 is 0. The highest BCUT2D eigenvalue weighted by atomic mass is 16.5. The van der Waals surface area contributed by atoms with Gasteiger partial charge in [-0.1, -0.05) is 6.07 Å². The third-order valence-corrected chi connectivity index (χ3v) is 2.80. The summed E-state index contributed by atoms with van der Waals surface area (Å²) in [5, 5.41) is 15.0. The topological polar surface area (TPSA) is 83.4 Å². The van der Waals surface area contributed by atoms with Crippen molar-refractivity contribution >= 4 is 5.91 Å². The molecule has 0 fully saturated rings. The largest absolute Gasteiger partial charge is 0.493 e. The maximum absolute atomic E-state index is 10.8. The van der Waals surface area contributed by atoms with Crippen LogP contribution in [0.15, 0.2) is 18.2 Å². The molecule has 0 saturated carbocycles. The minimum Gasteiger partial charge on any atom is -0.493 e. The molecule has 0 aliphatic heterocycles. The second-order valence-electron chi connectivity index (χ2n) is 4.34. The lowest BCUT2D eigenvalue weighted by Crippen LogP contribution is -2.32. The van der Waals surface area contributed by atoms with Crippen LogP contribution in [0.5, 0.6) is 11.5 Å². The van der Waals surface area contributed by atoms with Crippen molar-refractivity contribution in [2.45, 2.75) is 19.9 Å². The monoisotopic (exact) mass is 291 g/mol. The van der Waals surface area contributed by atoms with Gasteiger partial charge in [0.2, 0.25) is 5.91 Å². The molecule has 1 rings (SSSR count). The van der Waals surface area contributed by atoms with Crippen LogP contribution < -0.4 is 20.1 Å². The quantitative estimate of drug-likeness (QED) is 0.707. The van der Waals surface area contributed by atoms with Crippen LogP contribution in [0.4, 0.5) is 0 Å². The molecule has 21 heavy (non-hydrogen) atoms. The van der Waals surface area contributed by atoms with Gasteiger partial charge >= 0.3 is 0 Å². The molecule has 0 heterocycles. The highest BCUT2D eigenvalue weighted by molar-refractivity contribution is 5.72. The predicted molar refractivity (Wildman–Crippen MR) is 79.2 cm³/mol.